The predicted octanol–water partition coefficient (Wildman–Crippen LogP) is 4.23. The van der Waals surface area contributed by atoms with Crippen LogP contribution in [0.5, 0.6) is 0 Å². The third kappa shape index (κ3) is 4.43. The number of piperidine rings is 1. The van der Waals surface area contributed by atoms with Crippen LogP contribution in [0.2, 0.25) is 0 Å². The fraction of sp³-hybridized carbons (Fsp3) is 0.250. The Morgan fingerprint density at radius 2 is 1.76 bits per heavy atom. The van der Waals surface area contributed by atoms with E-state index in [2.05, 4.69) is 15.7 Å². The number of benzene rings is 2. The van der Waals surface area contributed by atoms with Crippen LogP contribution in [0, 0.1) is 0 Å². The van der Waals surface area contributed by atoms with E-state index in [0.29, 0.717) is 29.8 Å². The maximum absolute atomic E-state index is 12.7. The van der Waals surface area contributed by atoms with Crippen LogP contribution in [0.4, 0.5) is 18.9 Å². The Morgan fingerprint density at radius 3 is 2.32 bits per heavy atom. The summed E-state index contributed by atoms with van der Waals surface area (Å²) in [5.41, 5.74) is 0.180. The van der Waals surface area contributed by atoms with Crippen molar-refractivity contribution in [2.45, 2.75) is 37.8 Å². The number of nitrogens with one attached hydrogen (secondary N) is 2. The molecule has 176 valence electrons. The van der Waals surface area contributed by atoms with Gasteiger partial charge in [0.25, 0.3) is 5.91 Å². The van der Waals surface area contributed by atoms with E-state index in [1.807, 2.05) is 6.92 Å². The van der Waals surface area contributed by atoms with E-state index in [9.17, 15) is 27.6 Å². The van der Waals surface area contributed by atoms with Crippen LogP contribution >= 0.6 is 0 Å². The number of hydrogen-bond acceptors (Lipinski definition) is 4. The van der Waals surface area contributed by atoms with Gasteiger partial charge in [0.05, 0.1) is 11.1 Å². The lowest BCUT2D eigenvalue weighted by Gasteiger charge is -2.35. The summed E-state index contributed by atoms with van der Waals surface area (Å²) in [6, 6.07) is 13.7. The Balaban J connectivity index is 1.45. The Labute approximate surface area is 193 Å². The summed E-state index contributed by atoms with van der Waals surface area (Å²) in [6.07, 6.45) is -2.11. The number of hydrogen-bond donors (Lipinski definition) is 2. The van der Waals surface area contributed by atoms with E-state index in [1.54, 1.807) is 24.3 Å². The molecule has 1 aliphatic heterocycles. The first-order valence-corrected chi connectivity index (χ1v) is 10.6. The molecule has 3 aromatic rings. The number of aromatic nitrogens is 2. The van der Waals surface area contributed by atoms with Gasteiger partial charge in [-0.3, -0.25) is 19.7 Å². The zero-order valence-electron chi connectivity index (χ0n) is 18.1. The van der Waals surface area contributed by atoms with Crippen LogP contribution in [0.1, 0.15) is 47.8 Å². The van der Waals surface area contributed by atoms with Gasteiger partial charge in [-0.15, -0.1) is 0 Å². The van der Waals surface area contributed by atoms with Crippen molar-refractivity contribution in [1.82, 2.24) is 15.1 Å². The number of imide groups is 1. The van der Waals surface area contributed by atoms with Crippen LogP contribution in [0.3, 0.4) is 0 Å². The number of carbonyl (C=O) groups excluding carboxylic acids is 3. The molecule has 2 N–H and O–H groups in total. The fourth-order valence-electron chi connectivity index (χ4n) is 4.03. The molecule has 1 fully saturated rings. The molecule has 2 heterocycles. The topological polar surface area (TPSA) is 93.1 Å². The molecule has 3 amide bonds. The second kappa shape index (κ2) is 8.77. The number of anilines is 1. The summed E-state index contributed by atoms with van der Waals surface area (Å²) in [5.74, 6) is -0.998. The SMILES string of the molecule is CCC1(c2ccc(NC(=O)c3ccc(-n4ccc(C(F)(F)F)n4)cc3)cc2)CCC(=O)NC1=O. The molecule has 1 atom stereocenters. The third-order valence-electron chi connectivity index (χ3n) is 6.04. The van der Waals surface area contributed by atoms with E-state index < -0.39 is 23.2 Å². The molecule has 1 aliphatic rings. The first-order chi connectivity index (χ1) is 16.1. The normalized spacial score (nSPS) is 18.5. The maximum atomic E-state index is 12.7. The predicted molar refractivity (Wildman–Crippen MR) is 117 cm³/mol. The zero-order chi connectivity index (χ0) is 24.5. The van der Waals surface area contributed by atoms with Gasteiger partial charge in [0.1, 0.15) is 0 Å². The van der Waals surface area contributed by atoms with Gasteiger partial charge in [0.2, 0.25) is 11.8 Å². The monoisotopic (exact) mass is 470 g/mol. The average molecular weight is 470 g/mol. The molecule has 0 radical (unpaired) electrons. The van der Waals surface area contributed by atoms with Gasteiger partial charge >= 0.3 is 6.18 Å². The van der Waals surface area contributed by atoms with Gasteiger partial charge in [-0.2, -0.15) is 18.3 Å². The first kappa shape index (κ1) is 23.2. The van der Waals surface area contributed by atoms with Gasteiger partial charge in [0.15, 0.2) is 5.69 Å². The van der Waals surface area contributed by atoms with Gasteiger partial charge < -0.3 is 5.32 Å². The van der Waals surface area contributed by atoms with Crippen molar-refractivity contribution in [3.63, 3.8) is 0 Å². The Kier molecular flexibility index (Phi) is 5.99. The van der Waals surface area contributed by atoms with Crippen molar-refractivity contribution in [2.24, 2.45) is 0 Å². The van der Waals surface area contributed by atoms with Crippen LogP contribution in [-0.2, 0) is 21.2 Å². The van der Waals surface area contributed by atoms with E-state index in [4.69, 9.17) is 0 Å². The molecular formula is C24H21F3N4O3. The van der Waals surface area contributed by atoms with Crippen molar-refractivity contribution in [3.05, 3.63) is 77.6 Å². The van der Waals surface area contributed by atoms with Crippen molar-refractivity contribution in [2.75, 3.05) is 5.32 Å². The quantitative estimate of drug-likeness (QED) is 0.546. The minimum atomic E-state index is -4.53. The average Bonchev–Trinajstić information content (AvgIpc) is 3.31. The molecule has 7 nitrogen and oxygen atoms in total. The highest BCUT2D eigenvalue weighted by molar-refractivity contribution is 6.05. The molecule has 1 unspecified atom stereocenters. The molecule has 1 aromatic heterocycles. The Hall–Kier alpha value is -3.95. The Morgan fingerprint density at radius 1 is 1.09 bits per heavy atom. The molecule has 0 aliphatic carbocycles. The van der Waals surface area contributed by atoms with Gasteiger partial charge in [0, 0.05) is 23.9 Å². The second-order valence-electron chi connectivity index (χ2n) is 8.03. The number of nitrogens with zero attached hydrogens (tertiary/aromatic N) is 2. The highest BCUT2D eigenvalue weighted by atomic mass is 19.4. The van der Waals surface area contributed by atoms with Gasteiger partial charge in [-0.25, -0.2) is 4.68 Å². The standard InChI is InChI=1S/C24H21F3N4O3/c1-2-23(13-11-20(32)29-22(23)34)16-5-7-17(8-6-16)28-21(33)15-3-9-18(10-4-15)31-14-12-19(30-31)24(25,26)27/h3-10,12,14H,2,11,13H2,1H3,(H,28,33)(H,29,32,34). The van der Waals surface area contributed by atoms with E-state index in [1.165, 1.54) is 30.5 Å². The zero-order valence-corrected chi connectivity index (χ0v) is 18.1. The number of alkyl halides is 3. The summed E-state index contributed by atoms with van der Waals surface area (Å²) in [6.45, 7) is 1.89. The van der Waals surface area contributed by atoms with E-state index in [0.717, 1.165) is 16.3 Å². The number of carbonyl (C=O) groups is 3. The summed E-state index contributed by atoms with van der Waals surface area (Å²) < 4.78 is 39.3. The first-order valence-electron chi connectivity index (χ1n) is 10.6. The molecule has 0 saturated carbocycles. The minimum absolute atomic E-state index is 0.268. The fourth-order valence-corrected chi connectivity index (χ4v) is 4.03. The minimum Gasteiger partial charge on any atom is -0.322 e. The third-order valence-corrected chi connectivity index (χ3v) is 6.04. The maximum Gasteiger partial charge on any atom is 0.435 e. The Bertz CT molecular complexity index is 1230. The van der Waals surface area contributed by atoms with Crippen molar-refractivity contribution in [3.8, 4) is 5.69 Å². The van der Waals surface area contributed by atoms with Crippen LogP contribution in [-0.4, -0.2) is 27.5 Å². The molecule has 0 spiro atoms. The summed E-state index contributed by atoms with van der Waals surface area (Å²) in [7, 11) is 0. The van der Waals surface area contributed by atoms with Crippen LogP contribution in [0.25, 0.3) is 5.69 Å². The van der Waals surface area contributed by atoms with Crippen LogP contribution in [0.15, 0.2) is 60.8 Å². The molecule has 2 aromatic carbocycles. The lowest BCUT2D eigenvalue weighted by molar-refractivity contribution is -0.141. The summed E-state index contributed by atoms with van der Waals surface area (Å²) in [4.78, 5) is 36.7. The lowest BCUT2D eigenvalue weighted by Crippen LogP contribution is -2.51. The molecular weight excluding hydrogens is 449 g/mol. The lowest BCUT2D eigenvalue weighted by atomic mass is 9.72. The molecule has 10 heteroatoms. The largest absolute Gasteiger partial charge is 0.435 e. The van der Waals surface area contributed by atoms with E-state index >= 15 is 0 Å². The molecule has 0 bridgehead atoms. The summed E-state index contributed by atoms with van der Waals surface area (Å²) >= 11 is 0. The van der Waals surface area contributed by atoms with Crippen molar-refractivity contribution in [1.29, 1.82) is 0 Å². The number of halogens is 3. The van der Waals surface area contributed by atoms with Gasteiger partial charge in [-0.05, 0) is 60.9 Å². The molecule has 34 heavy (non-hydrogen) atoms. The second-order valence-corrected chi connectivity index (χ2v) is 8.03. The van der Waals surface area contributed by atoms with Crippen molar-refractivity contribution < 1.29 is 27.6 Å². The van der Waals surface area contributed by atoms with Crippen molar-refractivity contribution >= 4 is 23.4 Å². The molecule has 1 saturated heterocycles. The smallest absolute Gasteiger partial charge is 0.322 e. The summed E-state index contributed by atoms with van der Waals surface area (Å²) in [5, 5.41) is 8.67. The van der Waals surface area contributed by atoms with Gasteiger partial charge in [-0.1, -0.05) is 19.1 Å². The molecule has 4 rings (SSSR count). The van der Waals surface area contributed by atoms with Crippen LogP contribution < -0.4 is 10.6 Å². The highest BCUT2D eigenvalue weighted by Crippen LogP contribution is 2.36. The van der Waals surface area contributed by atoms with E-state index in [-0.39, 0.29) is 18.2 Å². The highest BCUT2D eigenvalue weighted by Gasteiger charge is 2.42. The number of amides is 3. The number of rotatable bonds is 5.